The zero-order chi connectivity index (χ0) is 24.9. The molecule has 1 atom stereocenters. The van der Waals surface area contributed by atoms with E-state index in [1.165, 1.54) is 30.5 Å². The molecule has 3 amide bonds. The summed E-state index contributed by atoms with van der Waals surface area (Å²) in [4.78, 5) is 52.1. The van der Waals surface area contributed by atoms with E-state index in [2.05, 4.69) is 10.6 Å². The number of piperazine rings is 1. The molecule has 2 aliphatic rings. The first-order chi connectivity index (χ1) is 16.9. The lowest BCUT2D eigenvalue weighted by atomic mass is 9.94. The molecule has 1 unspecified atom stereocenters. The summed E-state index contributed by atoms with van der Waals surface area (Å²) in [7, 11) is 0. The second-order valence-electron chi connectivity index (χ2n) is 8.04. The van der Waals surface area contributed by atoms with Crippen molar-refractivity contribution in [3.63, 3.8) is 0 Å². The number of amides is 3. The van der Waals surface area contributed by atoms with E-state index >= 15 is 0 Å². The molecule has 2 N–H and O–H groups in total. The van der Waals surface area contributed by atoms with Gasteiger partial charge in [0.2, 0.25) is 0 Å². The topological polar surface area (TPSA) is 147 Å². The molecule has 12 heteroatoms. The van der Waals surface area contributed by atoms with E-state index in [1.807, 2.05) is 4.90 Å². The van der Waals surface area contributed by atoms with Gasteiger partial charge in [-0.1, -0.05) is 0 Å². The molecule has 2 aliphatic heterocycles. The fourth-order valence-electron chi connectivity index (χ4n) is 4.12. The van der Waals surface area contributed by atoms with Crippen LogP contribution in [0.5, 0.6) is 0 Å². The third kappa shape index (κ3) is 5.32. The van der Waals surface area contributed by atoms with Crippen LogP contribution in [0.15, 0.2) is 58.3 Å². The molecule has 4 rings (SSSR count). The minimum Gasteiger partial charge on any atom is -0.463 e. The molecule has 0 spiro atoms. The van der Waals surface area contributed by atoms with E-state index in [9.17, 15) is 24.5 Å². The van der Waals surface area contributed by atoms with Gasteiger partial charge in [-0.25, -0.2) is 9.59 Å². The Kier molecular flexibility index (Phi) is 7.11. The van der Waals surface area contributed by atoms with Crippen molar-refractivity contribution in [2.75, 3.05) is 39.3 Å². The van der Waals surface area contributed by atoms with Crippen LogP contribution in [0.2, 0.25) is 0 Å². The fourth-order valence-corrected chi connectivity index (χ4v) is 4.12. The largest absolute Gasteiger partial charge is 0.463 e. The predicted octanol–water partition coefficient (Wildman–Crippen LogP) is 1.82. The van der Waals surface area contributed by atoms with Gasteiger partial charge in [-0.05, 0) is 36.8 Å². The molecule has 1 fully saturated rings. The zero-order valence-electron chi connectivity index (χ0n) is 19.1. The number of ether oxygens (including phenoxy) is 1. The van der Waals surface area contributed by atoms with E-state index in [-0.39, 0.29) is 36.1 Å². The van der Waals surface area contributed by atoms with Gasteiger partial charge >= 0.3 is 12.0 Å². The fraction of sp³-hybridized carbons (Fsp3) is 0.348. The molecule has 184 valence electrons. The van der Waals surface area contributed by atoms with Crippen LogP contribution in [0.4, 0.5) is 10.5 Å². The lowest BCUT2D eigenvalue weighted by Gasteiger charge is -2.36. The molecule has 0 bridgehead atoms. The summed E-state index contributed by atoms with van der Waals surface area (Å²) in [6.07, 6.45) is 1.45. The van der Waals surface area contributed by atoms with Gasteiger partial charge in [-0.2, -0.15) is 0 Å². The highest BCUT2D eigenvalue weighted by atomic mass is 16.6. The van der Waals surface area contributed by atoms with E-state index < -0.39 is 23.0 Å². The molecule has 35 heavy (non-hydrogen) atoms. The maximum absolute atomic E-state index is 12.9. The zero-order valence-corrected chi connectivity index (χ0v) is 19.1. The molecule has 0 radical (unpaired) electrons. The number of rotatable bonds is 7. The molecule has 1 aromatic carbocycles. The van der Waals surface area contributed by atoms with Crippen LogP contribution in [-0.2, 0) is 9.53 Å². The van der Waals surface area contributed by atoms with Crippen LogP contribution in [0.1, 0.15) is 29.1 Å². The number of carbonyl (C=O) groups is 3. The highest BCUT2D eigenvalue weighted by molar-refractivity contribution is 5.95. The second-order valence-corrected chi connectivity index (χ2v) is 8.04. The quantitative estimate of drug-likeness (QED) is 0.344. The minimum absolute atomic E-state index is 0.0992. The molecule has 1 saturated heterocycles. The average Bonchev–Trinajstić information content (AvgIpc) is 3.39. The highest BCUT2D eigenvalue weighted by Gasteiger charge is 2.35. The van der Waals surface area contributed by atoms with Gasteiger partial charge in [0.1, 0.15) is 0 Å². The summed E-state index contributed by atoms with van der Waals surface area (Å²) < 4.78 is 10.5. The summed E-state index contributed by atoms with van der Waals surface area (Å²) in [6, 6.07) is 7.60. The summed E-state index contributed by atoms with van der Waals surface area (Å²) in [5, 5.41) is 16.4. The Morgan fingerprint density at radius 1 is 1.17 bits per heavy atom. The molecule has 12 nitrogen and oxygen atoms in total. The number of nitrogens with zero attached hydrogens (tertiary/aromatic N) is 3. The Hall–Kier alpha value is -4.19. The number of carbonyl (C=O) groups excluding carboxylic acids is 3. The SMILES string of the molecule is CCOC(=O)C1=C(CN2CCN(C(=O)c3ccco3)CC2)NC(=O)NC1c1ccc([N+](=O)[O-])cc1. The van der Waals surface area contributed by atoms with Gasteiger partial charge in [-0.15, -0.1) is 0 Å². The summed E-state index contributed by atoms with van der Waals surface area (Å²) >= 11 is 0. The number of esters is 1. The number of hydrogen-bond donors (Lipinski definition) is 2. The number of non-ortho nitro benzene ring substituents is 1. The van der Waals surface area contributed by atoms with Gasteiger partial charge in [-0.3, -0.25) is 19.8 Å². The third-order valence-electron chi connectivity index (χ3n) is 5.86. The van der Waals surface area contributed by atoms with Crippen molar-refractivity contribution in [3.8, 4) is 0 Å². The lowest BCUT2D eigenvalue weighted by Crippen LogP contribution is -2.52. The highest BCUT2D eigenvalue weighted by Crippen LogP contribution is 2.29. The first-order valence-electron chi connectivity index (χ1n) is 11.1. The standard InChI is InChI=1S/C23H25N5O7/c1-2-34-22(30)19-17(14-26-9-11-27(12-10-26)21(29)18-4-3-13-35-18)24-23(31)25-20(19)15-5-7-16(8-6-15)28(32)33/h3-8,13,20H,2,9-12,14H2,1H3,(H2,24,25,31). The van der Waals surface area contributed by atoms with Gasteiger partial charge in [0.25, 0.3) is 11.6 Å². The van der Waals surface area contributed by atoms with E-state index in [0.29, 0.717) is 37.4 Å². The number of nitrogens with one attached hydrogen (secondary N) is 2. The van der Waals surface area contributed by atoms with Gasteiger partial charge in [0.05, 0.1) is 29.4 Å². The van der Waals surface area contributed by atoms with Crippen molar-refractivity contribution < 1.29 is 28.5 Å². The van der Waals surface area contributed by atoms with Gasteiger partial charge < -0.3 is 24.7 Å². The maximum Gasteiger partial charge on any atom is 0.338 e. The Bertz CT molecular complexity index is 1140. The van der Waals surface area contributed by atoms with Crippen LogP contribution in [0, 0.1) is 10.1 Å². The van der Waals surface area contributed by atoms with Crippen molar-refractivity contribution in [2.45, 2.75) is 13.0 Å². The summed E-state index contributed by atoms with van der Waals surface area (Å²) in [5.41, 5.74) is 1.04. The van der Waals surface area contributed by atoms with Crippen LogP contribution in [-0.4, -0.2) is 72.0 Å². The Labute approximate surface area is 200 Å². The number of nitro benzene ring substituents is 1. The average molecular weight is 483 g/mol. The van der Waals surface area contributed by atoms with Gasteiger partial charge in [0, 0.05) is 50.6 Å². The minimum atomic E-state index is -0.833. The molecule has 3 heterocycles. The molecular formula is C23H25N5O7. The summed E-state index contributed by atoms with van der Waals surface area (Å²) in [5.74, 6) is -0.498. The molecule has 0 aliphatic carbocycles. The van der Waals surface area contributed by atoms with Crippen LogP contribution >= 0.6 is 0 Å². The number of hydrogen-bond acceptors (Lipinski definition) is 8. The van der Waals surface area contributed by atoms with Gasteiger partial charge in [0.15, 0.2) is 5.76 Å². The van der Waals surface area contributed by atoms with Crippen molar-refractivity contribution in [2.24, 2.45) is 0 Å². The van der Waals surface area contributed by atoms with Crippen LogP contribution in [0.3, 0.4) is 0 Å². The van der Waals surface area contributed by atoms with E-state index in [0.717, 1.165) is 0 Å². The number of furan rings is 1. The number of benzene rings is 1. The van der Waals surface area contributed by atoms with Crippen LogP contribution in [0.25, 0.3) is 0 Å². The van der Waals surface area contributed by atoms with Crippen molar-refractivity contribution in [3.05, 3.63) is 75.4 Å². The monoisotopic (exact) mass is 483 g/mol. The Morgan fingerprint density at radius 2 is 1.89 bits per heavy atom. The first-order valence-corrected chi connectivity index (χ1v) is 11.1. The number of urea groups is 1. The Morgan fingerprint density at radius 3 is 2.49 bits per heavy atom. The lowest BCUT2D eigenvalue weighted by molar-refractivity contribution is -0.384. The smallest absolute Gasteiger partial charge is 0.338 e. The van der Waals surface area contributed by atoms with Crippen molar-refractivity contribution in [1.29, 1.82) is 0 Å². The van der Waals surface area contributed by atoms with Crippen molar-refractivity contribution >= 4 is 23.6 Å². The number of nitro groups is 1. The Balaban J connectivity index is 1.55. The third-order valence-corrected chi connectivity index (χ3v) is 5.86. The molecule has 0 saturated carbocycles. The molecule has 2 aromatic rings. The van der Waals surface area contributed by atoms with E-state index in [4.69, 9.17) is 9.15 Å². The second kappa shape index (κ2) is 10.4. The first kappa shape index (κ1) is 24.0. The van der Waals surface area contributed by atoms with Crippen LogP contribution < -0.4 is 10.6 Å². The molecule has 1 aromatic heterocycles. The maximum atomic E-state index is 12.9. The van der Waals surface area contributed by atoms with Crippen molar-refractivity contribution in [1.82, 2.24) is 20.4 Å². The van der Waals surface area contributed by atoms with E-state index in [1.54, 1.807) is 24.0 Å². The molecular weight excluding hydrogens is 458 g/mol. The summed E-state index contributed by atoms with van der Waals surface area (Å²) in [6.45, 7) is 4.05. The normalized spacial score (nSPS) is 18.6. The predicted molar refractivity (Wildman–Crippen MR) is 122 cm³/mol.